The van der Waals surface area contributed by atoms with Crippen molar-refractivity contribution in [3.63, 3.8) is 0 Å². The van der Waals surface area contributed by atoms with Gasteiger partial charge < -0.3 is 11.1 Å². The molecule has 2 fully saturated rings. The van der Waals surface area contributed by atoms with Gasteiger partial charge in [0.15, 0.2) is 0 Å². The van der Waals surface area contributed by atoms with E-state index < -0.39 is 0 Å². The molecule has 0 bridgehead atoms. The molecule has 1 atom stereocenters. The predicted molar refractivity (Wildman–Crippen MR) is 143 cm³/mol. The van der Waals surface area contributed by atoms with Crippen molar-refractivity contribution in [3.8, 4) is 11.1 Å². The lowest BCUT2D eigenvalue weighted by Gasteiger charge is -2.32. The highest BCUT2D eigenvalue weighted by atomic mass is 19.1. The van der Waals surface area contributed by atoms with Gasteiger partial charge in [0.2, 0.25) is 0 Å². The summed E-state index contributed by atoms with van der Waals surface area (Å²) in [6, 6.07) is 15.6. The van der Waals surface area contributed by atoms with Crippen molar-refractivity contribution in [1.29, 1.82) is 0 Å². The van der Waals surface area contributed by atoms with E-state index >= 15 is 4.39 Å². The molecule has 2 saturated carbocycles. The maximum Gasteiger partial charge on any atom is 0.131 e. The first kappa shape index (κ1) is 25.4. The quantitative estimate of drug-likeness (QED) is 0.370. The van der Waals surface area contributed by atoms with E-state index in [1.54, 1.807) is 6.07 Å². The highest BCUT2D eigenvalue weighted by molar-refractivity contribution is 5.65. The number of nitrogens with two attached hydrogens (primary N) is 1. The minimum absolute atomic E-state index is 0.0810. The fourth-order valence-electron chi connectivity index (χ4n) is 6.28. The highest BCUT2D eigenvalue weighted by Gasteiger charge is 2.26. The molecular formula is C31H45FN2. The SMILES string of the molecule is CCCCNC1CCC(c2ccc(-c3ccc(C4CCC(C(N)CC)CC4)cc3)c(F)c2)CC1. The fourth-order valence-corrected chi connectivity index (χ4v) is 6.28. The molecule has 3 N–H and O–H groups in total. The molecule has 2 nitrogen and oxygen atoms in total. The van der Waals surface area contributed by atoms with Crippen LogP contribution < -0.4 is 11.1 Å². The number of unbranched alkanes of at least 4 members (excludes halogenated alkanes) is 1. The summed E-state index contributed by atoms with van der Waals surface area (Å²) in [6.45, 7) is 5.56. The Bertz CT molecular complexity index is 877. The Labute approximate surface area is 206 Å². The van der Waals surface area contributed by atoms with Crippen LogP contribution in [0.5, 0.6) is 0 Å². The summed E-state index contributed by atoms with van der Waals surface area (Å²) in [6.07, 6.45) is 13.2. The van der Waals surface area contributed by atoms with Crippen LogP contribution in [0.4, 0.5) is 4.39 Å². The van der Waals surface area contributed by atoms with E-state index in [0.29, 0.717) is 29.8 Å². The van der Waals surface area contributed by atoms with Gasteiger partial charge in [-0.1, -0.05) is 56.7 Å². The van der Waals surface area contributed by atoms with Gasteiger partial charge >= 0.3 is 0 Å². The topological polar surface area (TPSA) is 38.0 Å². The van der Waals surface area contributed by atoms with Crippen LogP contribution in [-0.2, 0) is 0 Å². The van der Waals surface area contributed by atoms with Crippen LogP contribution in [-0.4, -0.2) is 18.6 Å². The van der Waals surface area contributed by atoms with Crippen LogP contribution >= 0.6 is 0 Å². The molecule has 0 aromatic heterocycles. The molecule has 2 aliphatic rings. The Morgan fingerprint density at radius 1 is 0.853 bits per heavy atom. The zero-order valence-corrected chi connectivity index (χ0v) is 21.4. The molecule has 186 valence electrons. The molecule has 3 heteroatoms. The van der Waals surface area contributed by atoms with Gasteiger partial charge in [0.05, 0.1) is 0 Å². The van der Waals surface area contributed by atoms with Gasteiger partial charge in [0, 0.05) is 17.6 Å². The Kier molecular flexibility index (Phi) is 9.19. The molecule has 0 radical (unpaired) electrons. The van der Waals surface area contributed by atoms with Crippen LogP contribution in [0.2, 0.25) is 0 Å². The molecule has 0 spiro atoms. The second-order valence-corrected chi connectivity index (χ2v) is 10.9. The van der Waals surface area contributed by atoms with E-state index in [2.05, 4.69) is 49.5 Å². The molecule has 2 aromatic rings. The van der Waals surface area contributed by atoms with Gasteiger partial charge in [-0.2, -0.15) is 0 Å². The van der Waals surface area contributed by atoms with Crippen molar-refractivity contribution in [2.24, 2.45) is 11.7 Å². The summed E-state index contributed by atoms with van der Waals surface area (Å²) in [5, 5.41) is 3.69. The third kappa shape index (κ3) is 6.29. The number of hydrogen-bond donors (Lipinski definition) is 2. The molecule has 34 heavy (non-hydrogen) atoms. The molecular weight excluding hydrogens is 419 g/mol. The number of halogens is 1. The molecule has 0 amide bonds. The van der Waals surface area contributed by atoms with Crippen molar-refractivity contribution < 1.29 is 4.39 Å². The summed E-state index contributed by atoms with van der Waals surface area (Å²) in [5.74, 6) is 1.71. The third-order valence-corrected chi connectivity index (χ3v) is 8.70. The monoisotopic (exact) mass is 464 g/mol. The lowest BCUT2D eigenvalue weighted by Crippen LogP contribution is -2.33. The molecule has 1 unspecified atom stereocenters. The average molecular weight is 465 g/mol. The molecule has 0 aliphatic heterocycles. The van der Waals surface area contributed by atoms with E-state index in [4.69, 9.17) is 5.73 Å². The smallest absolute Gasteiger partial charge is 0.131 e. The summed E-state index contributed by atoms with van der Waals surface area (Å²) in [4.78, 5) is 0. The first-order valence-corrected chi connectivity index (χ1v) is 14.0. The maximum absolute atomic E-state index is 15.2. The van der Waals surface area contributed by atoms with Crippen LogP contribution in [0, 0.1) is 11.7 Å². The summed E-state index contributed by atoms with van der Waals surface area (Å²) >= 11 is 0. The first-order valence-electron chi connectivity index (χ1n) is 14.0. The Morgan fingerprint density at radius 3 is 2.09 bits per heavy atom. The van der Waals surface area contributed by atoms with Crippen LogP contribution in [0.15, 0.2) is 42.5 Å². The largest absolute Gasteiger partial charge is 0.327 e. The molecule has 4 rings (SSSR count). The first-order chi connectivity index (χ1) is 16.6. The van der Waals surface area contributed by atoms with Crippen molar-refractivity contribution in [3.05, 3.63) is 59.4 Å². The van der Waals surface area contributed by atoms with Crippen LogP contribution in [0.25, 0.3) is 11.1 Å². The molecule has 0 heterocycles. The number of rotatable bonds is 9. The van der Waals surface area contributed by atoms with Crippen molar-refractivity contribution in [2.75, 3.05) is 6.54 Å². The average Bonchev–Trinajstić information content (AvgIpc) is 2.89. The Balaban J connectivity index is 1.34. The zero-order valence-electron chi connectivity index (χ0n) is 21.4. The normalized spacial score (nSPS) is 26.4. The Morgan fingerprint density at radius 2 is 1.47 bits per heavy atom. The minimum atomic E-state index is -0.0810. The summed E-state index contributed by atoms with van der Waals surface area (Å²) in [5.41, 5.74) is 10.6. The fraction of sp³-hybridized carbons (Fsp3) is 0.613. The maximum atomic E-state index is 15.2. The van der Waals surface area contributed by atoms with E-state index in [1.807, 2.05) is 6.07 Å². The van der Waals surface area contributed by atoms with E-state index in [9.17, 15) is 0 Å². The van der Waals surface area contributed by atoms with E-state index in [1.165, 1.54) is 62.5 Å². The second-order valence-electron chi connectivity index (χ2n) is 10.9. The van der Waals surface area contributed by atoms with Gasteiger partial charge in [-0.3, -0.25) is 0 Å². The van der Waals surface area contributed by atoms with Crippen LogP contribution in [0.3, 0.4) is 0 Å². The molecule has 2 aliphatic carbocycles. The minimum Gasteiger partial charge on any atom is -0.327 e. The van der Waals surface area contributed by atoms with Gasteiger partial charge in [0.1, 0.15) is 5.82 Å². The molecule has 2 aromatic carbocycles. The lowest BCUT2D eigenvalue weighted by atomic mass is 9.75. The lowest BCUT2D eigenvalue weighted by molar-refractivity contribution is 0.277. The van der Waals surface area contributed by atoms with Gasteiger partial charge in [0.25, 0.3) is 0 Å². The third-order valence-electron chi connectivity index (χ3n) is 8.70. The summed E-state index contributed by atoms with van der Waals surface area (Å²) in [7, 11) is 0. The van der Waals surface area contributed by atoms with Crippen molar-refractivity contribution >= 4 is 0 Å². The zero-order chi connectivity index (χ0) is 23.9. The van der Waals surface area contributed by atoms with Crippen molar-refractivity contribution in [2.45, 2.75) is 108 Å². The predicted octanol–water partition coefficient (Wildman–Crippen LogP) is 7.92. The molecule has 0 saturated heterocycles. The summed E-state index contributed by atoms with van der Waals surface area (Å²) < 4.78 is 15.2. The van der Waals surface area contributed by atoms with Crippen LogP contribution in [0.1, 0.15) is 107 Å². The van der Waals surface area contributed by atoms with Gasteiger partial charge in [-0.05, 0) is 111 Å². The second kappa shape index (κ2) is 12.3. The highest BCUT2D eigenvalue weighted by Crippen LogP contribution is 2.39. The Hall–Kier alpha value is -1.71. The van der Waals surface area contributed by atoms with Gasteiger partial charge in [-0.15, -0.1) is 0 Å². The standard InChI is InChI=1S/C31H45FN2/c1-3-5-20-34-28-17-14-24(15-18-28)27-16-19-29(30(32)21-27)25-10-6-22(7-11-25)23-8-12-26(13-9-23)31(33)4-2/h6-7,10-11,16,19,21,23-24,26,28,31,34H,3-5,8-9,12-15,17-18,20,33H2,1-2H3. The number of benzene rings is 2. The number of hydrogen-bond acceptors (Lipinski definition) is 2. The van der Waals surface area contributed by atoms with Gasteiger partial charge in [-0.25, -0.2) is 4.39 Å². The van der Waals surface area contributed by atoms with E-state index in [0.717, 1.165) is 36.9 Å². The van der Waals surface area contributed by atoms with E-state index in [-0.39, 0.29) is 5.82 Å². The number of nitrogens with one attached hydrogen (secondary N) is 1. The van der Waals surface area contributed by atoms with Crippen molar-refractivity contribution in [1.82, 2.24) is 5.32 Å².